The van der Waals surface area contributed by atoms with Gasteiger partial charge < -0.3 is 15.6 Å². The number of hydrogen-bond acceptors (Lipinski definition) is 3. The van der Waals surface area contributed by atoms with Crippen LogP contribution in [0.2, 0.25) is 0 Å². The van der Waals surface area contributed by atoms with Crippen LogP contribution in [0.5, 0.6) is 0 Å². The number of amides is 1. The van der Waals surface area contributed by atoms with Crippen molar-refractivity contribution in [1.29, 1.82) is 0 Å². The van der Waals surface area contributed by atoms with E-state index in [0.29, 0.717) is 6.54 Å². The van der Waals surface area contributed by atoms with Gasteiger partial charge in [0.2, 0.25) is 5.91 Å². The Kier molecular flexibility index (Phi) is 2.67. The summed E-state index contributed by atoms with van der Waals surface area (Å²) >= 11 is 0. The Morgan fingerprint density at radius 3 is 2.85 bits per heavy atom. The van der Waals surface area contributed by atoms with Gasteiger partial charge in [-0.2, -0.15) is 0 Å². The number of rotatable bonds is 4. The number of primary amides is 1. The number of nitrogens with one attached hydrogen (secondary N) is 1. The van der Waals surface area contributed by atoms with Gasteiger partial charge in [-0.25, -0.2) is 4.98 Å². The highest BCUT2D eigenvalue weighted by atomic mass is 16.1. The molecule has 1 atom stereocenters. The molecule has 0 aliphatic heterocycles. The molecule has 0 fully saturated rings. The van der Waals surface area contributed by atoms with E-state index < -0.39 is 5.54 Å². The molecule has 1 aromatic heterocycles. The lowest BCUT2D eigenvalue weighted by Crippen LogP contribution is -2.54. The van der Waals surface area contributed by atoms with Gasteiger partial charge >= 0.3 is 0 Å². The SMILES string of the molecule is CNC(C)(Cn1ccnc1)C(N)=O. The van der Waals surface area contributed by atoms with Crippen LogP contribution in [0.4, 0.5) is 0 Å². The Balaban J connectivity index is 2.75. The number of imidazole rings is 1. The molecule has 1 unspecified atom stereocenters. The molecule has 1 rings (SSSR count). The molecular weight excluding hydrogens is 168 g/mol. The number of nitrogens with two attached hydrogens (primary N) is 1. The van der Waals surface area contributed by atoms with Crippen LogP contribution >= 0.6 is 0 Å². The van der Waals surface area contributed by atoms with Crippen LogP contribution in [0, 0.1) is 0 Å². The van der Waals surface area contributed by atoms with Crippen molar-refractivity contribution in [2.24, 2.45) is 5.73 Å². The first-order valence-corrected chi connectivity index (χ1v) is 4.03. The van der Waals surface area contributed by atoms with Gasteiger partial charge in [-0.3, -0.25) is 4.79 Å². The minimum Gasteiger partial charge on any atom is -0.368 e. The maximum atomic E-state index is 11.1. The first-order chi connectivity index (χ1) is 6.08. The second kappa shape index (κ2) is 3.57. The maximum Gasteiger partial charge on any atom is 0.239 e. The molecule has 13 heavy (non-hydrogen) atoms. The smallest absolute Gasteiger partial charge is 0.239 e. The highest BCUT2D eigenvalue weighted by Gasteiger charge is 2.29. The number of aromatic nitrogens is 2. The third-order valence-electron chi connectivity index (χ3n) is 2.15. The molecule has 0 bridgehead atoms. The average Bonchev–Trinajstić information content (AvgIpc) is 2.56. The molecule has 0 saturated carbocycles. The summed E-state index contributed by atoms with van der Waals surface area (Å²) in [5.41, 5.74) is 4.54. The van der Waals surface area contributed by atoms with Crippen LogP contribution in [0.25, 0.3) is 0 Å². The predicted molar refractivity (Wildman–Crippen MR) is 48.9 cm³/mol. The Morgan fingerprint density at radius 2 is 2.46 bits per heavy atom. The predicted octanol–water partition coefficient (Wildman–Crippen LogP) is -0.654. The lowest BCUT2D eigenvalue weighted by atomic mass is 10.0. The molecule has 0 saturated heterocycles. The van der Waals surface area contributed by atoms with E-state index in [4.69, 9.17) is 5.73 Å². The van der Waals surface area contributed by atoms with Crippen molar-refractivity contribution in [2.75, 3.05) is 7.05 Å². The molecule has 0 aliphatic rings. The van der Waals surface area contributed by atoms with E-state index in [0.717, 1.165) is 0 Å². The minimum atomic E-state index is -0.722. The highest BCUT2D eigenvalue weighted by molar-refractivity contribution is 5.84. The molecular formula is C8H14N4O. The molecule has 1 heterocycles. The zero-order chi connectivity index (χ0) is 9.90. The summed E-state index contributed by atoms with van der Waals surface area (Å²) in [6, 6.07) is 0. The van der Waals surface area contributed by atoms with Crippen LogP contribution in [0.1, 0.15) is 6.92 Å². The Bertz CT molecular complexity index is 282. The lowest BCUT2D eigenvalue weighted by Gasteiger charge is -2.25. The summed E-state index contributed by atoms with van der Waals surface area (Å²) in [7, 11) is 1.71. The molecule has 72 valence electrons. The monoisotopic (exact) mass is 182 g/mol. The van der Waals surface area contributed by atoms with Crippen LogP contribution in [-0.2, 0) is 11.3 Å². The molecule has 0 aliphatic carbocycles. The Hall–Kier alpha value is -1.36. The fraction of sp³-hybridized carbons (Fsp3) is 0.500. The van der Waals surface area contributed by atoms with Crippen molar-refractivity contribution in [3.05, 3.63) is 18.7 Å². The molecule has 1 amide bonds. The van der Waals surface area contributed by atoms with Crippen LogP contribution in [0.15, 0.2) is 18.7 Å². The van der Waals surface area contributed by atoms with Crippen molar-refractivity contribution < 1.29 is 4.79 Å². The normalized spacial score (nSPS) is 15.2. The number of nitrogens with zero attached hydrogens (tertiary/aromatic N) is 2. The van der Waals surface area contributed by atoms with Gasteiger partial charge in [0, 0.05) is 12.4 Å². The second-order valence-corrected chi connectivity index (χ2v) is 3.18. The molecule has 0 radical (unpaired) electrons. The first-order valence-electron chi connectivity index (χ1n) is 4.03. The summed E-state index contributed by atoms with van der Waals surface area (Å²) in [5, 5.41) is 2.89. The Morgan fingerprint density at radius 1 is 1.77 bits per heavy atom. The minimum absolute atomic E-state index is 0.372. The van der Waals surface area contributed by atoms with E-state index in [1.807, 2.05) is 0 Å². The fourth-order valence-electron chi connectivity index (χ4n) is 1.03. The third kappa shape index (κ3) is 2.06. The lowest BCUT2D eigenvalue weighted by molar-refractivity contribution is -0.124. The maximum absolute atomic E-state index is 11.1. The van der Waals surface area contributed by atoms with Gasteiger partial charge in [-0.05, 0) is 14.0 Å². The van der Waals surface area contributed by atoms with Crippen molar-refractivity contribution in [3.8, 4) is 0 Å². The van der Waals surface area contributed by atoms with Crippen LogP contribution in [0.3, 0.4) is 0 Å². The van der Waals surface area contributed by atoms with E-state index in [1.165, 1.54) is 0 Å². The van der Waals surface area contributed by atoms with Crippen LogP contribution < -0.4 is 11.1 Å². The second-order valence-electron chi connectivity index (χ2n) is 3.18. The number of hydrogen-bond donors (Lipinski definition) is 2. The van der Waals surface area contributed by atoms with Crippen molar-refractivity contribution in [1.82, 2.24) is 14.9 Å². The molecule has 5 heteroatoms. The van der Waals surface area contributed by atoms with Gasteiger partial charge in [0.15, 0.2) is 0 Å². The summed E-state index contributed by atoms with van der Waals surface area (Å²) < 4.78 is 1.81. The van der Waals surface area contributed by atoms with Gasteiger partial charge in [0.1, 0.15) is 5.54 Å². The van der Waals surface area contributed by atoms with E-state index in [2.05, 4.69) is 10.3 Å². The van der Waals surface area contributed by atoms with E-state index in [1.54, 1.807) is 37.3 Å². The Labute approximate surface area is 76.9 Å². The third-order valence-corrected chi connectivity index (χ3v) is 2.15. The van der Waals surface area contributed by atoms with Gasteiger partial charge in [0.25, 0.3) is 0 Å². The van der Waals surface area contributed by atoms with Crippen LogP contribution in [-0.4, -0.2) is 28.0 Å². The van der Waals surface area contributed by atoms with E-state index >= 15 is 0 Å². The van der Waals surface area contributed by atoms with Gasteiger partial charge in [-0.15, -0.1) is 0 Å². The van der Waals surface area contributed by atoms with Gasteiger partial charge in [-0.1, -0.05) is 0 Å². The fourth-order valence-corrected chi connectivity index (χ4v) is 1.03. The molecule has 1 aromatic rings. The standard InChI is InChI=1S/C8H14N4O/c1-8(10-2,7(9)13)5-12-4-3-11-6-12/h3-4,6,10H,5H2,1-2H3,(H2,9,13). The zero-order valence-corrected chi connectivity index (χ0v) is 7.82. The zero-order valence-electron chi connectivity index (χ0n) is 7.82. The van der Waals surface area contributed by atoms with Crippen molar-refractivity contribution >= 4 is 5.91 Å². The average molecular weight is 182 g/mol. The summed E-state index contributed by atoms with van der Waals surface area (Å²) in [4.78, 5) is 15.0. The largest absolute Gasteiger partial charge is 0.368 e. The molecule has 5 nitrogen and oxygen atoms in total. The number of likely N-dealkylation sites (N-methyl/N-ethyl adjacent to an activating group) is 1. The number of carbonyl (C=O) groups is 1. The molecule has 0 spiro atoms. The molecule has 0 aromatic carbocycles. The summed E-state index contributed by atoms with van der Waals surface area (Å²) in [5.74, 6) is -0.372. The van der Waals surface area contributed by atoms with Crippen molar-refractivity contribution in [3.63, 3.8) is 0 Å². The summed E-state index contributed by atoms with van der Waals surface area (Å²) in [6.45, 7) is 2.24. The quantitative estimate of drug-likeness (QED) is 0.649. The van der Waals surface area contributed by atoms with E-state index in [9.17, 15) is 4.79 Å². The van der Waals surface area contributed by atoms with Crippen molar-refractivity contribution in [2.45, 2.75) is 19.0 Å². The topological polar surface area (TPSA) is 72.9 Å². The van der Waals surface area contributed by atoms with Gasteiger partial charge in [0.05, 0.1) is 12.9 Å². The van der Waals surface area contributed by atoms with E-state index in [-0.39, 0.29) is 5.91 Å². The summed E-state index contributed by atoms with van der Waals surface area (Å²) in [6.07, 6.45) is 5.11. The molecule has 3 N–H and O–H groups in total. The first kappa shape index (κ1) is 9.73. The highest BCUT2D eigenvalue weighted by Crippen LogP contribution is 2.05. The number of carbonyl (C=O) groups excluding carboxylic acids is 1.